The van der Waals surface area contributed by atoms with Crippen LogP contribution in [0.1, 0.15) is 16.5 Å². The number of rotatable bonds is 3. The lowest BCUT2D eigenvalue weighted by Gasteiger charge is -2.08. The molecule has 7 nitrogen and oxygen atoms in total. The van der Waals surface area contributed by atoms with E-state index in [1.165, 1.54) is 29.1 Å². The molecule has 0 saturated heterocycles. The Labute approximate surface area is 95.1 Å². The number of imidazole rings is 1. The Morgan fingerprint density at radius 3 is 2.65 bits per heavy atom. The van der Waals surface area contributed by atoms with Gasteiger partial charge in [-0.1, -0.05) is 0 Å². The van der Waals surface area contributed by atoms with Gasteiger partial charge in [0.15, 0.2) is 6.17 Å². The van der Waals surface area contributed by atoms with Gasteiger partial charge in [0.2, 0.25) is 0 Å². The molecular weight excluding hydrogens is 226 g/mol. The van der Waals surface area contributed by atoms with Gasteiger partial charge in [-0.05, 0) is 18.2 Å². The second kappa shape index (κ2) is 3.87. The number of fused-ring (bicyclic) bond motifs is 1. The van der Waals surface area contributed by atoms with Crippen molar-refractivity contribution in [2.75, 3.05) is 0 Å². The molecule has 2 aromatic rings. The summed E-state index contributed by atoms with van der Waals surface area (Å²) < 4.78 is 1.27. The van der Waals surface area contributed by atoms with Crippen LogP contribution in [0.5, 0.6) is 0 Å². The minimum atomic E-state index is -1.24. The van der Waals surface area contributed by atoms with E-state index in [0.717, 1.165) is 0 Å². The zero-order chi connectivity index (χ0) is 12.6. The Balaban J connectivity index is 2.56. The fourth-order valence-corrected chi connectivity index (χ4v) is 1.51. The molecule has 0 aliphatic carbocycles. The molecule has 1 heterocycles. The molecule has 88 valence electrons. The summed E-state index contributed by atoms with van der Waals surface area (Å²) in [6.45, 7) is 0. The topological polar surface area (TPSA) is 118 Å². The zero-order valence-corrected chi connectivity index (χ0v) is 8.57. The fourth-order valence-electron chi connectivity index (χ4n) is 1.51. The SMILES string of the molecule is NC(C(=O)O)n1cnc2cc(C(=O)O)ccc21. The van der Waals surface area contributed by atoms with Gasteiger partial charge in [0.05, 0.1) is 22.9 Å². The van der Waals surface area contributed by atoms with Crippen LogP contribution in [0.4, 0.5) is 0 Å². The molecular formula is C10H9N3O4. The minimum Gasteiger partial charge on any atom is -0.479 e. The van der Waals surface area contributed by atoms with Crippen molar-refractivity contribution in [1.82, 2.24) is 9.55 Å². The first kappa shape index (κ1) is 11.1. The van der Waals surface area contributed by atoms with Crippen molar-refractivity contribution in [3.05, 3.63) is 30.1 Å². The Morgan fingerprint density at radius 1 is 1.35 bits per heavy atom. The van der Waals surface area contributed by atoms with Crippen molar-refractivity contribution in [1.29, 1.82) is 0 Å². The summed E-state index contributed by atoms with van der Waals surface area (Å²) in [4.78, 5) is 25.4. The van der Waals surface area contributed by atoms with Crippen molar-refractivity contribution >= 4 is 23.0 Å². The van der Waals surface area contributed by atoms with Gasteiger partial charge < -0.3 is 20.5 Å². The van der Waals surface area contributed by atoms with Crippen LogP contribution in [-0.2, 0) is 4.79 Å². The molecule has 0 amide bonds. The molecule has 1 unspecified atom stereocenters. The van der Waals surface area contributed by atoms with Gasteiger partial charge in [-0.25, -0.2) is 14.6 Å². The number of carbonyl (C=O) groups is 2. The van der Waals surface area contributed by atoms with Crippen molar-refractivity contribution < 1.29 is 19.8 Å². The number of nitrogens with two attached hydrogens (primary N) is 1. The summed E-state index contributed by atoms with van der Waals surface area (Å²) in [5.74, 6) is -2.25. The van der Waals surface area contributed by atoms with Crippen LogP contribution in [-0.4, -0.2) is 31.7 Å². The Bertz CT molecular complexity index is 605. The quantitative estimate of drug-likeness (QED) is 0.702. The third kappa shape index (κ3) is 1.83. The lowest BCUT2D eigenvalue weighted by Crippen LogP contribution is -2.26. The normalized spacial score (nSPS) is 12.5. The number of hydrogen-bond acceptors (Lipinski definition) is 4. The number of hydrogen-bond donors (Lipinski definition) is 3. The van der Waals surface area contributed by atoms with E-state index < -0.39 is 18.1 Å². The standard InChI is InChI=1S/C10H9N3O4/c11-8(10(16)17)13-4-12-6-3-5(9(14)15)1-2-7(6)13/h1-4,8H,11H2,(H,14,15)(H,16,17). The maximum absolute atomic E-state index is 10.7. The van der Waals surface area contributed by atoms with Crippen molar-refractivity contribution in [3.63, 3.8) is 0 Å². The molecule has 0 spiro atoms. The van der Waals surface area contributed by atoms with Crippen LogP contribution in [0.2, 0.25) is 0 Å². The molecule has 1 aromatic carbocycles. The summed E-state index contributed by atoms with van der Waals surface area (Å²) >= 11 is 0. The van der Waals surface area contributed by atoms with E-state index >= 15 is 0 Å². The molecule has 0 aliphatic rings. The number of nitrogens with zero attached hydrogens (tertiary/aromatic N) is 2. The van der Waals surface area contributed by atoms with Crippen LogP contribution < -0.4 is 5.73 Å². The maximum Gasteiger partial charge on any atom is 0.341 e. The predicted octanol–water partition coefficient (Wildman–Crippen LogP) is 0.276. The van der Waals surface area contributed by atoms with E-state index in [1.807, 2.05) is 0 Å². The van der Waals surface area contributed by atoms with Gasteiger partial charge in [-0.15, -0.1) is 0 Å². The highest BCUT2D eigenvalue weighted by Crippen LogP contribution is 2.17. The molecule has 0 fully saturated rings. The third-order valence-corrected chi connectivity index (χ3v) is 2.37. The Kier molecular flexibility index (Phi) is 2.52. The van der Waals surface area contributed by atoms with Crippen molar-refractivity contribution in [3.8, 4) is 0 Å². The first-order chi connectivity index (χ1) is 8.00. The van der Waals surface area contributed by atoms with E-state index in [0.29, 0.717) is 11.0 Å². The largest absolute Gasteiger partial charge is 0.479 e. The van der Waals surface area contributed by atoms with E-state index in [9.17, 15) is 9.59 Å². The van der Waals surface area contributed by atoms with Gasteiger partial charge in [0.1, 0.15) is 0 Å². The summed E-state index contributed by atoms with van der Waals surface area (Å²) in [5, 5.41) is 17.6. The average molecular weight is 235 g/mol. The fraction of sp³-hybridized carbons (Fsp3) is 0.100. The zero-order valence-electron chi connectivity index (χ0n) is 8.57. The van der Waals surface area contributed by atoms with Gasteiger partial charge in [0, 0.05) is 0 Å². The highest BCUT2D eigenvalue weighted by atomic mass is 16.4. The number of carboxylic acid groups (broad SMARTS) is 2. The van der Waals surface area contributed by atoms with Crippen molar-refractivity contribution in [2.24, 2.45) is 5.73 Å². The molecule has 0 bridgehead atoms. The predicted molar refractivity (Wildman–Crippen MR) is 57.6 cm³/mol. The molecule has 2 rings (SSSR count). The van der Waals surface area contributed by atoms with Gasteiger partial charge >= 0.3 is 11.9 Å². The number of aromatic carboxylic acids is 1. The van der Waals surface area contributed by atoms with Crippen LogP contribution in [0, 0.1) is 0 Å². The first-order valence-corrected chi connectivity index (χ1v) is 4.69. The molecule has 17 heavy (non-hydrogen) atoms. The maximum atomic E-state index is 10.7. The number of aromatic nitrogens is 2. The lowest BCUT2D eigenvalue weighted by molar-refractivity contribution is -0.140. The van der Waals surface area contributed by atoms with Crippen LogP contribution >= 0.6 is 0 Å². The van der Waals surface area contributed by atoms with Gasteiger partial charge in [-0.2, -0.15) is 0 Å². The number of benzene rings is 1. The summed E-state index contributed by atoms with van der Waals surface area (Å²) in [6.07, 6.45) is 0.0328. The molecule has 7 heteroatoms. The third-order valence-electron chi connectivity index (χ3n) is 2.37. The smallest absolute Gasteiger partial charge is 0.341 e. The summed E-state index contributed by atoms with van der Waals surface area (Å²) in [5.41, 5.74) is 6.41. The minimum absolute atomic E-state index is 0.0895. The number of carboxylic acids is 2. The molecule has 1 aromatic heterocycles. The second-order valence-electron chi connectivity index (χ2n) is 3.44. The van der Waals surface area contributed by atoms with Gasteiger partial charge in [0.25, 0.3) is 0 Å². The van der Waals surface area contributed by atoms with E-state index in [1.54, 1.807) is 0 Å². The Hall–Kier alpha value is -2.41. The monoisotopic (exact) mass is 235 g/mol. The van der Waals surface area contributed by atoms with E-state index in [2.05, 4.69) is 4.98 Å². The van der Waals surface area contributed by atoms with E-state index in [-0.39, 0.29) is 5.56 Å². The van der Waals surface area contributed by atoms with Gasteiger partial charge in [-0.3, -0.25) is 0 Å². The molecule has 0 saturated carbocycles. The molecule has 1 atom stereocenters. The molecule has 0 radical (unpaired) electrons. The highest BCUT2D eigenvalue weighted by molar-refractivity contribution is 5.92. The Morgan fingerprint density at radius 2 is 2.06 bits per heavy atom. The second-order valence-corrected chi connectivity index (χ2v) is 3.44. The van der Waals surface area contributed by atoms with E-state index in [4.69, 9.17) is 15.9 Å². The van der Waals surface area contributed by atoms with Crippen LogP contribution in [0.3, 0.4) is 0 Å². The van der Waals surface area contributed by atoms with Crippen molar-refractivity contribution in [2.45, 2.75) is 6.17 Å². The lowest BCUT2D eigenvalue weighted by atomic mass is 10.2. The summed E-state index contributed by atoms with van der Waals surface area (Å²) in [6, 6.07) is 4.22. The molecule has 0 aliphatic heterocycles. The van der Waals surface area contributed by atoms with Crippen LogP contribution in [0.15, 0.2) is 24.5 Å². The molecule has 4 N–H and O–H groups in total. The highest BCUT2D eigenvalue weighted by Gasteiger charge is 2.17. The van der Waals surface area contributed by atoms with Crippen LogP contribution in [0.25, 0.3) is 11.0 Å². The number of aliphatic carboxylic acids is 1. The summed E-state index contributed by atoms with van der Waals surface area (Å²) in [7, 11) is 0. The first-order valence-electron chi connectivity index (χ1n) is 4.69. The average Bonchev–Trinajstić information content (AvgIpc) is 2.70.